The molecule has 0 saturated heterocycles. The van der Waals surface area contributed by atoms with Crippen LogP contribution in [0.5, 0.6) is 0 Å². The lowest BCUT2D eigenvalue weighted by molar-refractivity contribution is 0.171. The van der Waals surface area contributed by atoms with Gasteiger partial charge in [-0.15, -0.1) is 0 Å². The molecule has 0 bridgehead atoms. The Bertz CT molecular complexity index is 572. The number of halogens is 2. The summed E-state index contributed by atoms with van der Waals surface area (Å²) in [6.45, 7) is 1.96. The lowest BCUT2D eigenvalue weighted by Crippen LogP contribution is -1.97. The Hall–Kier alpha value is -0.670. The second-order valence-corrected chi connectivity index (χ2v) is 6.07. The highest BCUT2D eigenvalue weighted by Gasteiger charge is 2.12. The third kappa shape index (κ3) is 3.67. The number of aliphatic hydroxyl groups is 1. The second-order valence-electron chi connectivity index (χ2n) is 4.14. The molecule has 100 valence electrons. The number of benzene rings is 2. The average Bonchev–Trinajstić information content (AvgIpc) is 2.42. The first-order valence-corrected chi connectivity index (χ1v) is 7.59. The Morgan fingerprint density at radius 3 is 2.58 bits per heavy atom. The third-order valence-corrected chi connectivity index (χ3v) is 4.60. The molecule has 0 aromatic heterocycles. The predicted molar refractivity (Wildman–Crippen MR) is 82.3 cm³/mol. The van der Waals surface area contributed by atoms with Crippen molar-refractivity contribution in [2.75, 3.05) is 0 Å². The second kappa shape index (κ2) is 6.67. The molecule has 0 fully saturated rings. The summed E-state index contributed by atoms with van der Waals surface area (Å²) in [4.78, 5) is 1.89. The van der Waals surface area contributed by atoms with Crippen LogP contribution >= 0.6 is 35.0 Å². The van der Waals surface area contributed by atoms with Crippen LogP contribution in [0.3, 0.4) is 0 Å². The minimum absolute atomic E-state index is 0.457. The van der Waals surface area contributed by atoms with Gasteiger partial charge in [-0.05, 0) is 36.2 Å². The maximum Gasteiger partial charge on any atom is 0.0798 e. The normalized spacial score (nSPS) is 12.4. The van der Waals surface area contributed by atoms with Crippen LogP contribution in [0, 0.1) is 0 Å². The van der Waals surface area contributed by atoms with E-state index in [9.17, 15) is 5.11 Å². The smallest absolute Gasteiger partial charge is 0.0798 e. The fourth-order valence-electron chi connectivity index (χ4n) is 1.74. The van der Waals surface area contributed by atoms with Crippen molar-refractivity contribution in [3.8, 4) is 0 Å². The first-order chi connectivity index (χ1) is 9.11. The zero-order valence-corrected chi connectivity index (χ0v) is 12.8. The van der Waals surface area contributed by atoms with Crippen molar-refractivity contribution >= 4 is 35.0 Å². The molecule has 1 atom stereocenters. The first-order valence-electron chi connectivity index (χ1n) is 6.01. The van der Waals surface area contributed by atoms with Gasteiger partial charge in [-0.3, -0.25) is 0 Å². The van der Waals surface area contributed by atoms with Crippen molar-refractivity contribution in [1.29, 1.82) is 0 Å². The van der Waals surface area contributed by atoms with E-state index in [0.717, 1.165) is 15.4 Å². The Morgan fingerprint density at radius 1 is 1.11 bits per heavy atom. The molecule has 0 aliphatic carbocycles. The zero-order valence-electron chi connectivity index (χ0n) is 10.4. The van der Waals surface area contributed by atoms with Gasteiger partial charge in [-0.25, -0.2) is 0 Å². The molecule has 0 aliphatic heterocycles. The largest absolute Gasteiger partial charge is 0.388 e. The topological polar surface area (TPSA) is 20.2 Å². The van der Waals surface area contributed by atoms with E-state index in [-0.39, 0.29) is 0 Å². The number of rotatable bonds is 4. The summed E-state index contributed by atoms with van der Waals surface area (Å²) in [5.41, 5.74) is 0.922. The van der Waals surface area contributed by atoms with Crippen molar-refractivity contribution < 1.29 is 5.11 Å². The van der Waals surface area contributed by atoms with E-state index in [1.165, 1.54) is 11.8 Å². The molecule has 0 amide bonds. The van der Waals surface area contributed by atoms with E-state index in [4.69, 9.17) is 23.2 Å². The van der Waals surface area contributed by atoms with Crippen LogP contribution in [0.1, 0.15) is 25.0 Å². The molecule has 2 aromatic rings. The summed E-state index contributed by atoms with van der Waals surface area (Å²) in [6.07, 6.45) is 0.225. The van der Waals surface area contributed by atoms with E-state index >= 15 is 0 Å². The summed E-state index contributed by atoms with van der Waals surface area (Å²) in [6, 6.07) is 13.2. The first kappa shape index (κ1) is 14.7. The Balaban J connectivity index is 2.35. The molecular formula is C15H14Cl2OS. The summed E-state index contributed by atoms with van der Waals surface area (Å²) in [5.74, 6) is 0. The average molecular weight is 313 g/mol. The van der Waals surface area contributed by atoms with Gasteiger partial charge in [0.25, 0.3) is 0 Å². The van der Waals surface area contributed by atoms with Gasteiger partial charge in [0, 0.05) is 14.8 Å². The molecule has 1 nitrogen and oxygen atoms in total. The minimum atomic E-state index is -0.457. The fraction of sp³-hybridized carbons (Fsp3) is 0.200. The van der Waals surface area contributed by atoms with Gasteiger partial charge in [0.05, 0.1) is 11.1 Å². The maximum atomic E-state index is 10.0. The third-order valence-electron chi connectivity index (χ3n) is 2.78. The summed E-state index contributed by atoms with van der Waals surface area (Å²) in [5, 5.41) is 11.4. The molecule has 0 heterocycles. The van der Waals surface area contributed by atoms with Gasteiger partial charge in [0.1, 0.15) is 0 Å². The van der Waals surface area contributed by atoms with Crippen LogP contribution in [-0.4, -0.2) is 5.11 Å². The SMILES string of the molecule is CC[C@@H](O)c1ccccc1Sc1cc(Cl)ccc1Cl. The highest BCUT2D eigenvalue weighted by molar-refractivity contribution is 7.99. The van der Waals surface area contributed by atoms with E-state index in [1.807, 2.05) is 37.3 Å². The molecule has 4 heteroatoms. The molecule has 19 heavy (non-hydrogen) atoms. The highest BCUT2D eigenvalue weighted by atomic mass is 35.5. The fourth-order valence-corrected chi connectivity index (χ4v) is 3.27. The molecule has 2 rings (SSSR count). The van der Waals surface area contributed by atoms with Crippen molar-refractivity contribution in [1.82, 2.24) is 0 Å². The number of hydrogen-bond donors (Lipinski definition) is 1. The van der Waals surface area contributed by atoms with Crippen LogP contribution < -0.4 is 0 Å². The van der Waals surface area contributed by atoms with Crippen LogP contribution in [0.2, 0.25) is 10.0 Å². The molecule has 2 aromatic carbocycles. The van der Waals surface area contributed by atoms with Crippen molar-refractivity contribution in [3.05, 3.63) is 58.1 Å². The molecule has 0 radical (unpaired) electrons. The molecule has 0 saturated carbocycles. The van der Waals surface area contributed by atoms with Crippen molar-refractivity contribution in [3.63, 3.8) is 0 Å². The van der Waals surface area contributed by atoms with Gasteiger partial charge in [-0.2, -0.15) is 0 Å². The zero-order chi connectivity index (χ0) is 13.8. The Labute approximate surface area is 127 Å². The van der Waals surface area contributed by atoms with Gasteiger partial charge in [-0.1, -0.05) is 60.1 Å². The maximum absolute atomic E-state index is 10.0. The highest BCUT2D eigenvalue weighted by Crippen LogP contribution is 2.38. The standard InChI is InChI=1S/C15H14Cl2OS/c1-2-13(18)11-5-3-4-6-14(11)19-15-9-10(16)7-8-12(15)17/h3-9,13,18H,2H2,1H3/t13-/m1/s1. The number of hydrogen-bond acceptors (Lipinski definition) is 2. The van der Waals surface area contributed by atoms with Crippen LogP contribution in [0.25, 0.3) is 0 Å². The molecule has 0 aliphatic rings. The minimum Gasteiger partial charge on any atom is -0.388 e. The van der Waals surface area contributed by atoms with Crippen LogP contribution in [0.15, 0.2) is 52.3 Å². The van der Waals surface area contributed by atoms with E-state index in [2.05, 4.69) is 0 Å². The summed E-state index contributed by atoms with van der Waals surface area (Å²) >= 11 is 13.7. The van der Waals surface area contributed by atoms with Crippen LogP contribution in [-0.2, 0) is 0 Å². The van der Waals surface area contributed by atoms with Crippen molar-refractivity contribution in [2.24, 2.45) is 0 Å². The molecular weight excluding hydrogens is 299 g/mol. The molecule has 1 N–H and O–H groups in total. The van der Waals surface area contributed by atoms with Gasteiger partial charge in [0.2, 0.25) is 0 Å². The van der Waals surface area contributed by atoms with E-state index in [0.29, 0.717) is 16.5 Å². The quantitative estimate of drug-likeness (QED) is 0.794. The van der Waals surface area contributed by atoms with Gasteiger partial charge < -0.3 is 5.11 Å². The predicted octanol–water partition coefficient (Wildman–Crippen LogP) is 5.59. The summed E-state index contributed by atoms with van der Waals surface area (Å²) in [7, 11) is 0. The monoisotopic (exact) mass is 312 g/mol. The number of aliphatic hydroxyl groups excluding tert-OH is 1. The van der Waals surface area contributed by atoms with Crippen LogP contribution in [0.4, 0.5) is 0 Å². The Kier molecular flexibility index (Phi) is 5.17. The van der Waals surface area contributed by atoms with Crippen molar-refractivity contribution in [2.45, 2.75) is 29.2 Å². The van der Waals surface area contributed by atoms with Gasteiger partial charge >= 0.3 is 0 Å². The molecule has 0 spiro atoms. The van der Waals surface area contributed by atoms with E-state index < -0.39 is 6.10 Å². The lowest BCUT2D eigenvalue weighted by atomic mass is 10.1. The lowest BCUT2D eigenvalue weighted by Gasteiger charge is -2.14. The summed E-state index contributed by atoms with van der Waals surface area (Å²) < 4.78 is 0. The van der Waals surface area contributed by atoms with Gasteiger partial charge in [0.15, 0.2) is 0 Å². The van der Waals surface area contributed by atoms with E-state index in [1.54, 1.807) is 12.1 Å². The Morgan fingerprint density at radius 2 is 1.84 bits per heavy atom. The molecule has 0 unspecified atom stereocenters.